The van der Waals surface area contributed by atoms with Gasteiger partial charge in [0.1, 0.15) is 5.78 Å². The second-order valence-corrected chi connectivity index (χ2v) is 5.70. The monoisotopic (exact) mass is 271 g/mol. The van der Waals surface area contributed by atoms with Crippen molar-refractivity contribution in [1.82, 2.24) is 4.90 Å². The molecule has 0 aromatic heterocycles. The summed E-state index contributed by atoms with van der Waals surface area (Å²) >= 11 is 0. The second kappa shape index (κ2) is 5.51. The van der Waals surface area contributed by atoms with Gasteiger partial charge in [0.05, 0.1) is 6.10 Å². The van der Waals surface area contributed by atoms with E-state index in [1.54, 1.807) is 7.11 Å². The molecule has 2 aliphatic heterocycles. The van der Waals surface area contributed by atoms with E-state index in [1.165, 1.54) is 5.56 Å². The molecule has 0 saturated carbocycles. The van der Waals surface area contributed by atoms with Crippen LogP contribution >= 0.6 is 0 Å². The van der Waals surface area contributed by atoms with Crippen molar-refractivity contribution in [2.24, 2.45) is 5.92 Å². The minimum atomic E-state index is 0.00853. The van der Waals surface area contributed by atoms with E-state index < -0.39 is 0 Å². The average molecular weight is 271 g/mol. The van der Waals surface area contributed by atoms with Crippen LogP contribution in [0.5, 0.6) is 0 Å². The predicted octanol–water partition coefficient (Wildman–Crippen LogP) is 2.59. The third-order valence-corrected chi connectivity index (χ3v) is 4.63. The van der Waals surface area contributed by atoms with E-state index in [9.17, 15) is 4.79 Å². The number of benzene rings is 1. The van der Waals surface area contributed by atoms with Gasteiger partial charge >= 0.3 is 0 Å². The van der Waals surface area contributed by atoms with Crippen LogP contribution in [0.1, 0.15) is 24.9 Å². The van der Waals surface area contributed by atoms with Gasteiger partial charge in [-0.25, -0.2) is 0 Å². The Bertz CT molecular complexity index is 511. The molecular formula is C17H21NO2. The molecule has 3 rings (SSSR count). The molecule has 1 aromatic carbocycles. The van der Waals surface area contributed by atoms with Gasteiger partial charge in [-0.15, -0.1) is 0 Å². The lowest BCUT2D eigenvalue weighted by molar-refractivity contribution is -0.135. The van der Waals surface area contributed by atoms with Crippen LogP contribution in [0, 0.1) is 5.92 Å². The van der Waals surface area contributed by atoms with E-state index in [0.717, 1.165) is 6.54 Å². The number of rotatable bonds is 2. The summed E-state index contributed by atoms with van der Waals surface area (Å²) < 4.78 is 5.58. The number of carbonyl (C=O) groups is 1. The number of hydrogen-bond acceptors (Lipinski definition) is 3. The van der Waals surface area contributed by atoms with Crippen LogP contribution in [-0.2, 0) is 9.53 Å². The molecule has 2 aliphatic rings. The summed E-state index contributed by atoms with van der Waals surface area (Å²) in [5, 5.41) is 0. The standard InChI is InChI=1S/C17H21NO2/c1-12-15(19)11-14(13-7-4-3-5-8-13)18-10-6-9-16(20-2)17(12)18/h3-9,12,14,16-17H,10-11H2,1-2H3/t12-,14+,16-,17-/m1/s1. The number of carbonyl (C=O) groups excluding carboxylic acids is 1. The quantitative estimate of drug-likeness (QED) is 0.774. The van der Waals surface area contributed by atoms with E-state index in [-0.39, 0.29) is 24.1 Å². The van der Waals surface area contributed by atoms with Crippen molar-refractivity contribution in [2.75, 3.05) is 13.7 Å². The smallest absolute Gasteiger partial charge is 0.139 e. The zero-order valence-corrected chi connectivity index (χ0v) is 12.0. The van der Waals surface area contributed by atoms with E-state index in [1.807, 2.05) is 25.1 Å². The summed E-state index contributed by atoms with van der Waals surface area (Å²) in [6, 6.07) is 10.7. The maximum Gasteiger partial charge on any atom is 0.139 e. The highest BCUT2D eigenvalue weighted by atomic mass is 16.5. The number of ether oxygens (including phenoxy) is 1. The second-order valence-electron chi connectivity index (χ2n) is 5.70. The Morgan fingerprint density at radius 3 is 2.70 bits per heavy atom. The summed E-state index contributed by atoms with van der Waals surface area (Å²) in [5.41, 5.74) is 1.22. The zero-order chi connectivity index (χ0) is 14.1. The SMILES string of the molecule is CO[C@@H]1C=CCN2[C@@H]1[C@H](C)C(=O)C[C@H]2c1ccccc1. The van der Waals surface area contributed by atoms with Crippen molar-refractivity contribution in [1.29, 1.82) is 0 Å². The van der Waals surface area contributed by atoms with Crippen molar-refractivity contribution in [2.45, 2.75) is 31.5 Å². The summed E-state index contributed by atoms with van der Waals surface area (Å²) in [7, 11) is 1.72. The fourth-order valence-corrected chi connectivity index (χ4v) is 3.53. The van der Waals surface area contributed by atoms with Crippen LogP contribution in [0.4, 0.5) is 0 Å². The van der Waals surface area contributed by atoms with Gasteiger partial charge in [-0.2, -0.15) is 0 Å². The summed E-state index contributed by atoms with van der Waals surface area (Å²) in [5.74, 6) is 0.377. The van der Waals surface area contributed by atoms with E-state index in [2.05, 4.69) is 29.2 Å². The lowest BCUT2D eigenvalue weighted by Gasteiger charge is -2.48. The van der Waals surface area contributed by atoms with Crippen molar-refractivity contribution in [3.63, 3.8) is 0 Å². The lowest BCUT2D eigenvalue weighted by atomic mass is 9.79. The van der Waals surface area contributed by atoms with Crippen LogP contribution in [0.25, 0.3) is 0 Å². The molecule has 3 heteroatoms. The normalized spacial score (nSPS) is 34.0. The highest BCUT2D eigenvalue weighted by Crippen LogP contribution is 2.38. The van der Waals surface area contributed by atoms with Gasteiger partial charge in [0, 0.05) is 38.1 Å². The zero-order valence-electron chi connectivity index (χ0n) is 12.0. The van der Waals surface area contributed by atoms with E-state index >= 15 is 0 Å². The number of Topliss-reactive ketones (excluding diaryl/α,β-unsaturated/α-hetero) is 1. The van der Waals surface area contributed by atoms with Crippen LogP contribution in [0.15, 0.2) is 42.5 Å². The molecule has 4 atom stereocenters. The van der Waals surface area contributed by atoms with Crippen molar-refractivity contribution < 1.29 is 9.53 Å². The van der Waals surface area contributed by atoms with Crippen molar-refractivity contribution in [3.05, 3.63) is 48.0 Å². The van der Waals surface area contributed by atoms with Crippen LogP contribution in [0.2, 0.25) is 0 Å². The molecule has 0 unspecified atom stereocenters. The molecule has 1 aromatic rings. The van der Waals surface area contributed by atoms with Crippen molar-refractivity contribution in [3.8, 4) is 0 Å². The van der Waals surface area contributed by atoms with Gasteiger partial charge in [0.2, 0.25) is 0 Å². The maximum absolute atomic E-state index is 12.4. The topological polar surface area (TPSA) is 29.5 Å². The number of hydrogen-bond donors (Lipinski definition) is 0. The molecule has 0 aliphatic carbocycles. The first kappa shape index (κ1) is 13.5. The minimum Gasteiger partial charge on any atom is -0.376 e. The average Bonchev–Trinajstić information content (AvgIpc) is 2.51. The third-order valence-electron chi connectivity index (χ3n) is 4.63. The highest BCUT2D eigenvalue weighted by molar-refractivity contribution is 5.83. The van der Waals surface area contributed by atoms with Crippen molar-refractivity contribution >= 4 is 5.78 Å². The maximum atomic E-state index is 12.4. The van der Waals surface area contributed by atoms with Gasteiger partial charge < -0.3 is 4.74 Å². The minimum absolute atomic E-state index is 0.00853. The van der Waals surface area contributed by atoms with Gasteiger partial charge in [-0.1, -0.05) is 49.4 Å². The lowest BCUT2D eigenvalue weighted by Crippen LogP contribution is -2.57. The highest BCUT2D eigenvalue weighted by Gasteiger charge is 2.44. The first-order valence-electron chi connectivity index (χ1n) is 7.25. The number of piperidine rings is 1. The molecule has 3 nitrogen and oxygen atoms in total. The first-order chi connectivity index (χ1) is 9.72. The number of fused-ring (bicyclic) bond motifs is 1. The molecule has 2 heterocycles. The molecular weight excluding hydrogens is 250 g/mol. The Balaban J connectivity index is 1.97. The Morgan fingerprint density at radius 1 is 1.25 bits per heavy atom. The summed E-state index contributed by atoms with van der Waals surface area (Å²) in [4.78, 5) is 14.8. The van der Waals surface area contributed by atoms with Gasteiger partial charge in [0.15, 0.2) is 0 Å². The Hall–Kier alpha value is -1.45. The molecule has 0 amide bonds. The number of nitrogens with zero attached hydrogens (tertiary/aromatic N) is 1. The van der Waals surface area contributed by atoms with Crippen LogP contribution in [-0.4, -0.2) is 36.5 Å². The van der Waals surface area contributed by atoms with Crippen LogP contribution in [0.3, 0.4) is 0 Å². The predicted molar refractivity (Wildman–Crippen MR) is 78.4 cm³/mol. The molecule has 1 saturated heterocycles. The Labute approximate surface area is 120 Å². The third kappa shape index (κ3) is 2.21. The Kier molecular flexibility index (Phi) is 3.72. The summed E-state index contributed by atoms with van der Waals surface area (Å²) in [6.45, 7) is 2.92. The van der Waals surface area contributed by atoms with E-state index in [0.29, 0.717) is 12.2 Å². The first-order valence-corrected chi connectivity index (χ1v) is 7.25. The van der Waals surface area contributed by atoms with Gasteiger partial charge in [-0.05, 0) is 5.56 Å². The van der Waals surface area contributed by atoms with Gasteiger partial charge in [0.25, 0.3) is 0 Å². The molecule has 1 fully saturated rings. The van der Waals surface area contributed by atoms with Crippen LogP contribution < -0.4 is 0 Å². The number of methoxy groups -OCH3 is 1. The molecule has 0 N–H and O–H groups in total. The van der Waals surface area contributed by atoms with Gasteiger partial charge in [-0.3, -0.25) is 9.69 Å². The molecule has 106 valence electrons. The number of ketones is 1. The van der Waals surface area contributed by atoms with E-state index in [4.69, 9.17) is 4.74 Å². The largest absolute Gasteiger partial charge is 0.376 e. The fraction of sp³-hybridized carbons (Fsp3) is 0.471. The molecule has 0 radical (unpaired) electrons. The Morgan fingerprint density at radius 2 is 2.00 bits per heavy atom. The molecule has 0 spiro atoms. The molecule has 20 heavy (non-hydrogen) atoms. The molecule has 0 bridgehead atoms. The fourth-order valence-electron chi connectivity index (χ4n) is 3.53. The summed E-state index contributed by atoms with van der Waals surface area (Å²) in [6.07, 6.45) is 4.86.